The molecule has 0 unspecified atom stereocenters. The Balaban J connectivity index is 1.72. The van der Waals surface area contributed by atoms with Crippen LogP contribution in [0.15, 0.2) is 65.1 Å². The van der Waals surface area contributed by atoms with Crippen molar-refractivity contribution in [2.45, 2.75) is 38.4 Å². The number of hydrogen-bond acceptors (Lipinski definition) is 3. The molecule has 3 aromatic carbocycles. The number of anilines is 1. The standard InChI is InChI=1S/C25H26BrN3O2/c1-16(27-2)24(30)28-22-14-13-17-7-3-4-12-23(17)29(25(22)31)15-18-8-5-10-20-19(18)9-6-11-21(20)26/h3-12,16,22,27H,13-15H2,1-2H3,(H,28,30)/t16-,22-/m0/s1. The molecule has 31 heavy (non-hydrogen) atoms. The molecule has 5 nitrogen and oxygen atoms in total. The zero-order valence-corrected chi connectivity index (χ0v) is 19.3. The molecule has 160 valence electrons. The van der Waals surface area contributed by atoms with E-state index >= 15 is 0 Å². The van der Waals surface area contributed by atoms with Gasteiger partial charge in [0.2, 0.25) is 11.8 Å². The molecule has 1 heterocycles. The van der Waals surface area contributed by atoms with Crippen LogP contribution in [0.3, 0.4) is 0 Å². The third kappa shape index (κ3) is 4.36. The highest BCUT2D eigenvalue weighted by Crippen LogP contribution is 2.32. The van der Waals surface area contributed by atoms with Crippen LogP contribution in [0.5, 0.6) is 0 Å². The quantitative estimate of drug-likeness (QED) is 0.576. The number of amides is 2. The molecule has 2 amide bonds. The summed E-state index contributed by atoms with van der Waals surface area (Å²) in [7, 11) is 1.74. The van der Waals surface area contributed by atoms with E-state index in [0.29, 0.717) is 13.0 Å². The second-order valence-electron chi connectivity index (χ2n) is 7.92. The minimum atomic E-state index is -0.558. The topological polar surface area (TPSA) is 61.4 Å². The number of benzene rings is 3. The molecular weight excluding hydrogens is 454 g/mol. The van der Waals surface area contributed by atoms with Gasteiger partial charge >= 0.3 is 0 Å². The number of halogens is 1. The summed E-state index contributed by atoms with van der Waals surface area (Å²) in [6, 6.07) is 19.4. The number of rotatable bonds is 5. The molecule has 2 N–H and O–H groups in total. The first-order valence-electron chi connectivity index (χ1n) is 10.5. The van der Waals surface area contributed by atoms with Crippen LogP contribution < -0.4 is 15.5 Å². The molecule has 6 heteroatoms. The van der Waals surface area contributed by atoms with Crippen LogP contribution in [0.4, 0.5) is 5.69 Å². The number of nitrogens with zero attached hydrogens (tertiary/aromatic N) is 1. The number of carbonyl (C=O) groups excluding carboxylic acids is 2. The summed E-state index contributed by atoms with van der Waals surface area (Å²) in [6.45, 7) is 2.23. The van der Waals surface area contributed by atoms with Gasteiger partial charge in [-0.15, -0.1) is 0 Å². The molecule has 3 aromatic rings. The summed E-state index contributed by atoms with van der Waals surface area (Å²) in [5.74, 6) is -0.241. The highest BCUT2D eigenvalue weighted by atomic mass is 79.9. The van der Waals surface area contributed by atoms with Crippen molar-refractivity contribution in [2.24, 2.45) is 0 Å². The van der Waals surface area contributed by atoms with Gasteiger partial charge in [0.15, 0.2) is 0 Å². The largest absolute Gasteiger partial charge is 0.343 e. The second kappa shape index (κ2) is 9.20. The molecule has 1 aliphatic rings. The van der Waals surface area contributed by atoms with E-state index in [1.807, 2.05) is 41.3 Å². The van der Waals surface area contributed by atoms with Gasteiger partial charge in [-0.3, -0.25) is 9.59 Å². The van der Waals surface area contributed by atoms with Crippen LogP contribution >= 0.6 is 15.9 Å². The Labute approximate surface area is 190 Å². The van der Waals surface area contributed by atoms with Crippen molar-refractivity contribution in [3.8, 4) is 0 Å². The first kappa shape index (κ1) is 21.5. The highest BCUT2D eigenvalue weighted by Gasteiger charge is 2.32. The van der Waals surface area contributed by atoms with E-state index in [-0.39, 0.29) is 17.9 Å². The fourth-order valence-corrected chi connectivity index (χ4v) is 4.58. The molecule has 2 atom stereocenters. The number of fused-ring (bicyclic) bond motifs is 2. The van der Waals surface area contributed by atoms with Crippen LogP contribution in [-0.4, -0.2) is 30.9 Å². The molecule has 0 saturated carbocycles. The van der Waals surface area contributed by atoms with Crippen LogP contribution in [0.1, 0.15) is 24.5 Å². The highest BCUT2D eigenvalue weighted by molar-refractivity contribution is 9.10. The predicted octanol–water partition coefficient (Wildman–Crippen LogP) is 4.17. The van der Waals surface area contributed by atoms with Crippen molar-refractivity contribution in [3.63, 3.8) is 0 Å². The lowest BCUT2D eigenvalue weighted by molar-refractivity contribution is -0.128. The van der Waals surface area contributed by atoms with E-state index < -0.39 is 6.04 Å². The van der Waals surface area contributed by atoms with Gasteiger partial charge in [-0.1, -0.05) is 64.5 Å². The number of para-hydroxylation sites is 1. The van der Waals surface area contributed by atoms with Gasteiger partial charge in [0, 0.05) is 10.2 Å². The van der Waals surface area contributed by atoms with Gasteiger partial charge in [0.05, 0.1) is 12.6 Å². The molecule has 0 fully saturated rings. The lowest BCUT2D eigenvalue weighted by Crippen LogP contribution is -2.52. The van der Waals surface area contributed by atoms with Crippen molar-refractivity contribution < 1.29 is 9.59 Å². The van der Waals surface area contributed by atoms with E-state index in [4.69, 9.17) is 0 Å². The smallest absolute Gasteiger partial charge is 0.249 e. The Kier molecular flexibility index (Phi) is 6.39. The fraction of sp³-hybridized carbons (Fsp3) is 0.280. The number of likely N-dealkylation sites (N-methyl/N-ethyl adjacent to an activating group) is 1. The van der Waals surface area contributed by atoms with Gasteiger partial charge in [-0.25, -0.2) is 0 Å². The summed E-state index contributed by atoms with van der Waals surface area (Å²) in [5.41, 5.74) is 3.10. The third-order valence-corrected chi connectivity index (χ3v) is 6.67. The normalized spacial score (nSPS) is 17.2. The van der Waals surface area contributed by atoms with Crippen molar-refractivity contribution in [2.75, 3.05) is 11.9 Å². The van der Waals surface area contributed by atoms with Gasteiger partial charge in [-0.2, -0.15) is 0 Å². The first-order chi connectivity index (χ1) is 15.0. The van der Waals surface area contributed by atoms with Crippen molar-refractivity contribution in [1.82, 2.24) is 10.6 Å². The Morgan fingerprint density at radius 1 is 1.10 bits per heavy atom. The maximum absolute atomic E-state index is 13.6. The molecule has 0 aliphatic carbocycles. The van der Waals surface area contributed by atoms with Crippen LogP contribution in [-0.2, 0) is 22.6 Å². The SMILES string of the molecule is CN[C@@H](C)C(=O)N[C@H]1CCc2ccccc2N(Cc2cccc3c(Br)cccc23)C1=O. The van der Waals surface area contributed by atoms with E-state index in [9.17, 15) is 9.59 Å². The molecule has 0 aromatic heterocycles. The van der Waals surface area contributed by atoms with E-state index in [2.05, 4.69) is 50.8 Å². The Morgan fingerprint density at radius 3 is 2.65 bits per heavy atom. The average molecular weight is 480 g/mol. The zero-order chi connectivity index (χ0) is 22.0. The number of aryl methyl sites for hydroxylation is 1. The molecule has 0 spiro atoms. The van der Waals surface area contributed by atoms with E-state index in [1.54, 1.807) is 14.0 Å². The summed E-state index contributed by atoms with van der Waals surface area (Å²) in [6.07, 6.45) is 1.31. The summed E-state index contributed by atoms with van der Waals surface area (Å²) in [4.78, 5) is 28.0. The van der Waals surface area contributed by atoms with Crippen LogP contribution in [0, 0.1) is 0 Å². The second-order valence-corrected chi connectivity index (χ2v) is 8.77. The molecule has 0 radical (unpaired) electrons. The maximum atomic E-state index is 13.6. The summed E-state index contributed by atoms with van der Waals surface area (Å²) < 4.78 is 1.03. The zero-order valence-electron chi connectivity index (χ0n) is 17.7. The number of hydrogen-bond donors (Lipinski definition) is 2. The van der Waals surface area contributed by atoms with E-state index in [1.165, 1.54) is 0 Å². The van der Waals surface area contributed by atoms with Gasteiger partial charge in [0.25, 0.3) is 0 Å². The predicted molar refractivity (Wildman–Crippen MR) is 128 cm³/mol. The fourth-order valence-electron chi connectivity index (χ4n) is 4.09. The average Bonchev–Trinajstić information content (AvgIpc) is 2.91. The summed E-state index contributed by atoms with van der Waals surface area (Å²) in [5, 5.41) is 8.11. The molecular formula is C25H26BrN3O2. The lowest BCUT2D eigenvalue weighted by atomic mass is 10.0. The van der Waals surface area contributed by atoms with Crippen molar-refractivity contribution in [3.05, 3.63) is 76.3 Å². The Hall–Kier alpha value is -2.70. The minimum Gasteiger partial charge on any atom is -0.343 e. The van der Waals surface area contributed by atoms with Crippen molar-refractivity contribution >= 4 is 44.2 Å². The van der Waals surface area contributed by atoms with Gasteiger partial charge < -0.3 is 15.5 Å². The van der Waals surface area contributed by atoms with Crippen LogP contribution in [0.25, 0.3) is 10.8 Å². The van der Waals surface area contributed by atoms with Gasteiger partial charge in [0.1, 0.15) is 6.04 Å². The molecule has 0 saturated heterocycles. The minimum absolute atomic E-state index is 0.0754. The first-order valence-corrected chi connectivity index (χ1v) is 11.3. The number of carbonyl (C=O) groups is 2. The Morgan fingerprint density at radius 2 is 1.84 bits per heavy atom. The van der Waals surface area contributed by atoms with Crippen molar-refractivity contribution in [1.29, 1.82) is 0 Å². The number of nitrogens with one attached hydrogen (secondary N) is 2. The maximum Gasteiger partial charge on any atom is 0.249 e. The lowest BCUT2D eigenvalue weighted by Gasteiger charge is -2.27. The molecule has 0 bridgehead atoms. The van der Waals surface area contributed by atoms with E-state index in [0.717, 1.165) is 38.5 Å². The summed E-state index contributed by atoms with van der Waals surface area (Å²) >= 11 is 3.63. The Bertz CT molecular complexity index is 1130. The molecule has 1 aliphatic heterocycles. The molecule has 4 rings (SSSR count). The monoisotopic (exact) mass is 479 g/mol. The van der Waals surface area contributed by atoms with Crippen LogP contribution in [0.2, 0.25) is 0 Å². The van der Waals surface area contributed by atoms with Gasteiger partial charge in [-0.05, 0) is 60.8 Å². The third-order valence-electron chi connectivity index (χ3n) is 5.98.